The molecule has 2 amide bonds. The summed E-state index contributed by atoms with van der Waals surface area (Å²) in [6.45, 7) is 3.85. The number of thiazole rings is 1. The number of carbonyl (C=O) groups is 2. The zero-order valence-electron chi connectivity index (χ0n) is 11.9. The first-order chi connectivity index (χ1) is 10.1. The highest BCUT2D eigenvalue weighted by atomic mass is 32.1. The van der Waals surface area contributed by atoms with E-state index in [1.54, 1.807) is 11.6 Å². The largest absolute Gasteiger partial charge is 0.274 e. The van der Waals surface area contributed by atoms with Crippen LogP contribution < -0.4 is 4.90 Å². The van der Waals surface area contributed by atoms with Crippen molar-refractivity contribution in [3.05, 3.63) is 47.0 Å². The van der Waals surface area contributed by atoms with Gasteiger partial charge < -0.3 is 0 Å². The van der Waals surface area contributed by atoms with Crippen molar-refractivity contribution in [2.45, 2.75) is 20.3 Å². The van der Waals surface area contributed by atoms with Crippen LogP contribution in [0.2, 0.25) is 0 Å². The van der Waals surface area contributed by atoms with E-state index in [1.807, 2.05) is 38.1 Å². The fraction of sp³-hybridized carbons (Fsp3) is 0.312. The number of amides is 2. The number of imide groups is 1. The summed E-state index contributed by atoms with van der Waals surface area (Å²) in [4.78, 5) is 30.2. The van der Waals surface area contributed by atoms with Crippen LogP contribution >= 0.6 is 11.3 Å². The van der Waals surface area contributed by atoms with Crippen LogP contribution in [0.1, 0.15) is 18.1 Å². The van der Waals surface area contributed by atoms with Crippen molar-refractivity contribution in [1.29, 1.82) is 0 Å². The predicted octanol–water partition coefficient (Wildman–Crippen LogP) is 2.82. The molecule has 2 atom stereocenters. The summed E-state index contributed by atoms with van der Waals surface area (Å²) in [5.41, 5.74) is 2.27. The van der Waals surface area contributed by atoms with E-state index in [0.717, 1.165) is 5.56 Å². The number of hydrogen-bond donors (Lipinski definition) is 0. The van der Waals surface area contributed by atoms with Crippen molar-refractivity contribution < 1.29 is 9.59 Å². The van der Waals surface area contributed by atoms with E-state index in [9.17, 15) is 9.59 Å². The average Bonchev–Trinajstić information content (AvgIpc) is 3.05. The second-order valence-electron chi connectivity index (χ2n) is 5.41. The molecular formula is C16H16N2O2S. The first kappa shape index (κ1) is 13.9. The topological polar surface area (TPSA) is 50.3 Å². The van der Waals surface area contributed by atoms with Crippen LogP contribution in [0.5, 0.6) is 0 Å². The summed E-state index contributed by atoms with van der Waals surface area (Å²) < 4.78 is 0. The van der Waals surface area contributed by atoms with Crippen LogP contribution in [0.25, 0.3) is 0 Å². The van der Waals surface area contributed by atoms with Gasteiger partial charge in [-0.15, -0.1) is 11.3 Å². The molecule has 0 aliphatic carbocycles. The van der Waals surface area contributed by atoms with Gasteiger partial charge in [0.2, 0.25) is 11.8 Å². The maximum atomic E-state index is 12.6. The van der Waals surface area contributed by atoms with Crippen LogP contribution in [-0.2, 0) is 16.0 Å². The fourth-order valence-electron chi connectivity index (χ4n) is 2.62. The molecule has 1 fully saturated rings. The predicted molar refractivity (Wildman–Crippen MR) is 82.1 cm³/mol. The Morgan fingerprint density at radius 3 is 2.52 bits per heavy atom. The summed E-state index contributed by atoms with van der Waals surface area (Å²) in [6.07, 6.45) is 2.20. The third-order valence-corrected chi connectivity index (χ3v) is 4.69. The maximum absolute atomic E-state index is 12.6. The standard InChI is InChI=1S/C16H16N2O2S/c1-10-3-5-12(6-4-10)9-13-11(2)14(19)18(15(13)20)16-17-7-8-21-16/h3-8,11,13H,9H2,1-2H3/t11-,13+/m1/s1. The minimum Gasteiger partial charge on any atom is -0.274 e. The Balaban J connectivity index is 1.85. The molecule has 2 heterocycles. The number of rotatable bonds is 3. The molecule has 0 N–H and O–H groups in total. The van der Waals surface area contributed by atoms with Crippen LogP contribution in [0.4, 0.5) is 5.13 Å². The van der Waals surface area contributed by atoms with Crippen LogP contribution in [0.15, 0.2) is 35.8 Å². The molecule has 4 nitrogen and oxygen atoms in total. The van der Waals surface area contributed by atoms with Crippen LogP contribution in [-0.4, -0.2) is 16.8 Å². The summed E-state index contributed by atoms with van der Waals surface area (Å²) in [5.74, 6) is -0.887. The number of aryl methyl sites for hydroxylation is 1. The SMILES string of the molecule is Cc1ccc(C[C@@H]2C(=O)N(c3nccs3)C(=O)[C@@H]2C)cc1. The second kappa shape index (κ2) is 5.41. The van der Waals surface area contributed by atoms with E-state index in [2.05, 4.69) is 4.98 Å². The average molecular weight is 300 g/mol. The quantitative estimate of drug-likeness (QED) is 0.819. The van der Waals surface area contributed by atoms with E-state index < -0.39 is 0 Å². The van der Waals surface area contributed by atoms with Gasteiger partial charge in [-0.05, 0) is 18.9 Å². The lowest BCUT2D eigenvalue weighted by molar-refractivity contribution is -0.122. The fourth-order valence-corrected chi connectivity index (χ4v) is 3.27. The zero-order valence-corrected chi connectivity index (χ0v) is 12.8. The number of aromatic nitrogens is 1. The lowest BCUT2D eigenvalue weighted by atomic mass is 9.90. The van der Waals surface area contributed by atoms with Crippen molar-refractivity contribution in [1.82, 2.24) is 4.98 Å². The minimum absolute atomic E-state index is 0.136. The van der Waals surface area contributed by atoms with Gasteiger partial charge >= 0.3 is 0 Å². The molecule has 1 saturated heterocycles. The van der Waals surface area contributed by atoms with Gasteiger partial charge in [-0.25, -0.2) is 9.88 Å². The van der Waals surface area contributed by atoms with Gasteiger partial charge in [0.1, 0.15) is 0 Å². The molecule has 1 aliphatic rings. The third-order valence-electron chi connectivity index (χ3n) is 3.94. The van der Waals surface area contributed by atoms with Gasteiger partial charge in [0.05, 0.1) is 5.92 Å². The monoisotopic (exact) mass is 300 g/mol. The number of hydrogen-bond acceptors (Lipinski definition) is 4. The second-order valence-corrected chi connectivity index (χ2v) is 6.28. The summed E-state index contributed by atoms with van der Waals surface area (Å²) in [7, 11) is 0. The van der Waals surface area contributed by atoms with Crippen LogP contribution in [0, 0.1) is 18.8 Å². The molecule has 0 unspecified atom stereocenters. The highest BCUT2D eigenvalue weighted by Crippen LogP contribution is 2.33. The molecule has 2 aromatic rings. The lowest BCUT2D eigenvalue weighted by Gasteiger charge is -2.12. The number of carbonyl (C=O) groups excluding carboxylic acids is 2. The van der Waals surface area contributed by atoms with Gasteiger partial charge in [-0.3, -0.25) is 9.59 Å². The van der Waals surface area contributed by atoms with Crippen molar-refractivity contribution in [2.75, 3.05) is 4.90 Å². The molecule has 21 heavy (non-hydrogen) atoms. The van der Waals surface area contributed by atoms with Crippen molar-refractivity contribution in [2.24, 2.45) is 11.8 Å². The summed E-state index contributed by atoms with van der Waals surface area (Å²) in [6, 6.07) is 8.09. The van der Waals surface area contributed by atoms with Crippen molar-refractivity contribution in [3.63, 3.8) is 0 Å². The Bertz CT molecular complexity index is 664. The number of benzene rings is 1. The molecule has 0 radical (unpaired) electrons. The third kappa shape index (κ3) is 2.49. The minimum atomic E-state index is -0.303. The molecule has 3 rings (SSSR count). The van der Waals surface area contributed by atoms with Crippen LogP contribution in [0.3, 0.4) is 0 Å². The molecule has 1 aliphatic heterocycles. The van der Waals surface area contributed by atoms with Crippen molar-refractivity contribution in [3.8, 4) is 0 Å². The highest BCUT2D eigenvalue weighted by molar-refractivity contribution is 7.14. The molecule has 5 heteroatoms. The Hall–Kier alpha value is -2.01. The van der Waals surface area contributed by atoms with E-state index >= 15 is 0 Å². The normalized spacial score (nSPS) is 22.1. The molecule has 1 aromatic heterocycles. The Labute approximate surface area is 127 Å². The molecule has 0 spiro atoms. The first-order valence-corrected chi connectivity index (χ1v) is 7.78. The van der Waals surface area contributed by atoms with E-state index in [-0.39, 0.29) is 23.7 Å². The summed E-state index contributed by atoms with van der Waals surface area (Å²) >= 11 is 1.31. The van der Waals surface area contributed by atoms with Gasteiger partial charge in [0.15, 0.2) is 5.13 Å². The number of anilines is 1. The Kier molecular flexibility index (Phi) is 3.59. The summed E-state index contributed by atoms with van der Waals surface area (Å²) in [5, 5.41) is 2.25. The maximum Gasteiger partial charge on any atom is 0.239 e. The van der Waals surface area contributed by atoms with Gasteiger partial charge in [0, 0.05) is 17.5 Å². The van der Waals surface area contributed by atoms with Gasteiger partial charge in [0.25, 0.3) is 0 Å². The van der Waals surface area contributed by atoms with Gasteiger partial charge in [-0.2, -0.15) is 0 Å². The lowest BCUT2D eigenvalue weighted by Crippen LogP contribution is -2.30. The highest BCUT2D eigenvalue weighted by Gasteiger charge is 2.46. The molecular weight excluding hydrogens is 284 g/mol. The molecule has 108 valence electrons. The number of nitrogens with zero attached hydrogens (tertiary/aromatic N) is 2. The molecule has 1 aromatic carbocycles. The van der Waals surface area contributed by atoms with Gasteiger partial charge in [-0.1, -0.05) is 36.8 Å². The Morgan fingerprint density at radius 1 is 1.19 bits per heavy atom. The smallest absolute Gasteiger partial charge is 0.239 e. The van der Waals surface area contributed by atoms with Crippen molar-refractivity contribution >= 4 is 28.3 Å². The first-order valence-electron chi connectivity index (χ1n) is 6.91. The Morgan fingerprint density at radius 2 is 1.90 bits per heavy atom. The molecule has 0 saturated carbocycles. The zero-order chi connectivity index (χ0) is 15.0. The van der Waals surface area contributed by atoms with E-state index in [0.29, 0.717) is 11.6 Å². The van der Waals surface area contributed by atoms with E-state index in [4.69, 9.17) is 0 Å². The molecule has 0 bridgehead atoms. The van der Waals surface area contributed by atoms with E-state index in [1.165, 1.54) is 21.8 Å².